The van der Waals surface area contributed by atoms with Gasteiger partial charge in [-0.25, -0.2) is 9.59 Å². The van der Waals surface area contributed by atoms with E-state index in [1.165, 1.54) is 147 Å². The van der Waals surface area contributed by atoms with Gasteiger partial charge in [-0.3, -0.25) is 0 Å². The van der Waals surface area contributed by atoms with Gasteiger partial charge in [0.15, 0.2) is 6.10 Å². The van der Waals surface area contributed by atoms with Crippen molar-refractivity contribution < 1.29 is 24.2 Å². The minimum atomic E-state index is -0.888. The van der Waals surface area contributed by atoms with Gasteiger partial charge in [-0.1, -0.05) is 179 Å². The number of unbranched alkanes of at least 4 members (excludes halogenated alkanes) is 22. The number of allylic oxidation sites excluding steroid dienone is 6. The molecule has 44 heavy (non-hydrogen) atoms. The minimum Gasteiger partial charge on any atom is -0.458 e. The molecular weight excluding hydrogens is 548 g/mol. The smallest absolute Gasteiger partial charge is 0.331 e. The molecule has 0 bridgehead atoms. The summed E-state index contributed by atoms with van der Waals surface area (Å²) < 4.78 is 10.3. The van der Waals surface area contributed by atoms with Crippen molar-refractivity contribution in [2.24, 2.45) is 0 Å². The molecule has 254 valence electrons. The lowest BCUT2D eigenvalue weighted by molar-refractivity contribution is -0.154. The van der Waals surface area contributed by atoms with E-state index in [9.17, 15) is 14.7 Å². The summed E-state index contributed by atoms with van der Waals surface area (Å²) in [6, 6.07) is 0. The van der Waals surface area contributed by atoms with Crippen LogP contribution in [0.2, 0.25) is 0 Å². The Balaban J connectivity index is 3.77. The summed E-state index contributed by atoms with van der Waals surface area (Å²) in [6.07, 6.45) is 44.2. The second-order valence-corrected chi connectivity index (χ2v) is 12.1. The normalized spacial score (nSPS) is 12.7. The summed E-state index contributed by atoms with van der Waals surface area (Å²) >= 11 is 0. The first-order chi connectivity index (χ1) is 21.6. The standard InChI is InChI=1S/C39H68O5/c1-3-5-7-9-11-13-15-17-19-21-23-25-27-29-31-33-38(41)43-36-37(35-40)44-39(42)34-32-30-28-26-24-22-20-18-16-14-12-10-8-6-4-2/h27-34,37,40H,3-26,35-36H2,1-2H3. The number of ether oxygens (including phenoxy) is 2. The molecule has 0 rings (SSSR count). The maximum absolute atomic E-state index is 12.0. The number of hydrogen-bond acceptors (Lipinski definition) is 5. The van der Waals surface area contributed by atoms with Crippen LogP contribution in [-0.4, -0.2) is 36.4 Å². The van der Waals surface area contributed by atoms with E-state index >= 15 is 0 Å². The van der Waals surface area contributed by atoms with Gasteiger partial charge in [-0.05, 0) is 25.7 Å². The third kappa shape index (κ3) is 32.8. The zero-order valence-corrected chi connectivity index (χ0v) is 28.7. The Morgan fingerprint density at radius 1 is 0.523 bits per heavy atom. The number of esters is 2. The molecule has 0 aliphatic heterocycles. The first-order valence-electron chi connectivity index (χ1n) is 18.3. The Bertz CT molecular complexity index is 752. The van der Waals surface area contributed by atoms with E-state index < -0.39 is 24.6 Å². The molecule has 0 saturated heterocycles. The van der Waals surface area contributed by atoms with E-state index in [1.54, 1.807) is 12.2 Å². The highest BCUT2D eigenvalue weighted by Crippen LogP contribution is 2.13. The Morgan fingerprint density at radius 2 is 0.886 bits per heavy atom. The van der Waals surface area contributed by atoms with Crippen LogP contribution in [0.25, 0.3) is 0 Å². The van der Waals surface area contributed by atoms with E-state index in [4.69, 9.17) is 9.47 Å². The summed E-state index contributed by atoms with van der Waals surface area (Å²) in [5.74, 6) is -1.10. The summed E-state index contributed by atoms with van der Waals surface area (Å²) in [5.41, 5.74) is 0. The molecule has 0 fully saturated rings. The molecule has 0 amide bonds. The van der Waals surface area contributed by atoms with Crippen molar-refractivity contribution in [2.75, 3.05) is 13.2 Å². The molecule has 0 aliphatic carbocycles. The van der Waals surface area contributed by atoms with Crippen molar-refractivity contribution in [1.82, 2.24) is 0 Å². The number of aliphatic hydroxyl groups is 1. The Kier molecular flexibility index (Phi) is 33.6. The fourth-order valence-electron chi connectivity index (χ4n) is 5.02. The van der Waals surface area contributed by atoms with Gasteiger partial charge >= 0.3 is 11.9 Å². The molecule has 5 heteroatoms. The van der Waals surface area contributed by atoms with Crippen molar-refractivity contribution in [3.8, 4) is 0 Å². The molecule has 1 atom stereocenters. The molecule has 5 nitrogen and oxygen atoms in total. The fourth-order valence-corrected chi connectivity index (χ4v) is 5.02. The van der Waals surface area contributed by atoms with E-state index in [-0.39, 0.29) is 6.61 Å². The first kappa shape index (κ1) is 41.9. The number of aliphatic hydroxyl groups excluding tert-OH is 1. The van der Waals surface area contributed by atoms with Crippen molar-refractivity contribution in [3.05, 3.63) is 48.6 Å². The van der Waals surface area contributed by atoms with Gasteiger partial charge in [0.1, 0.15) is 6.61 Å². The van der Waals surface area contributed by atoms with Gasteiger partial charge in [-0.15, -0.1) is 0 Å². The summed E-state index contributed by atoms with van der Waals surface area (Å²) in [6.45, 7) is 3.92. The monoisotopic (exact) mass is 617 g/mol. The summed E-state index contributed by atoms with van der Waals surface area (Å²) in [5, 5.41) is 9.47. The maximum Gasteiger partial charge on any atom is 0.331 e. The Morgan fingerprint density at radius 3 is 1.27 bits per heavy atom. The predicted molar refractivity (Wildman–Crippen MR) is 187 cm³/mol. The van der Waals surface area contributed by atoms with Crippen LogP contribution in [0.3, 0.4) is 0 Å². The van der Waals surface area contributed by atoms with Gasteiger partial charge in [0.2, 0.25) is 0 Å². The molecule has 0 spiro atoms. The molecule has 0 aromatic carbocycles. The van der Waals surface area contributed by atoms with Crippen molar-refractivity contribution in [3.63, 3.8) is 0 Å². The second kappa shape index (κ2) is 35.3. The zero-order valence-electron chi connectivity index (χ0n) is 28.7. The number of carbonyl (C=O) groups is 2. The van der Waals surface area contributed by atoms with E-state index in [1.807, 2.05) is 12.2 Å². The number of rotatable bonds is 32. The Hall–Kier alpha value is -2.14. The molecule has 0 saturated carbocycles. The molecule has 1 unspecified atom stereocenters. The SMILES string of the molecule is CCCCCCCCCCCCCC=CC=CC(=O)OCC(CO)OC(=O)C=CC=CCCCCCCCCCCCCC. The van der Waals surface area contributed by atoms with E-state index in [0.717, 1.165) is 19.3 Å². The van der Waals surface area contributed by atoms with Crippen LogP contribution in [-0.2, 0) is 19.1 Å². The van der Waals surface area contributed by atoms with Gasteiger partial charge in [-0.2, -0.15) is 0 Å². The van der Waals surface area contributed by atoms with Crippen LogP contribution in [0.5, 0.6) is 0 Å². The lowest BCUT2D eigenvalue weighted by Crippen LogP contribution is -2.27. The molecule has 0 radical (unpaired) electrons. The third-order valence-electron chi connectivity index (χ3n) is 7.81. The molecule has 0 aromatic rings. The molecule has 1 N–H and O–H groups in total. The van der Waals surface area contributed by atoms with E-state index in [2.05, 4.69) is 26.0 Å². The zero-order chi connectivity index (χ0) is 32.2. The Labute approximate surface area is 271 Å². The lowest BCUT2D eigenvalue weighted by atomic mass is 10.1. The van der Waals surface area contributed by atoms with Crippen LogP contribution in [0.1, 0.15) is 168 Å². The largest absolute Gasteiger partial charge is 0.458 e. The highest BCUT2D eigenvalue weighted by atomic mass is 16.6. The van der Waals surface area contributed by atoms with Crippen molar-refractivity contribution in [1.29, 1.82) is 0 Å². The highest BCUT2D eigenvalue weighted by Gasteiger charge is 2.13. The van der Waals surface area contributed by atoms with Crippen LogP contribution < -0.4 is 0 Å². The fraction of sp³-hybridized carbons (Fsp3) is 0.744. The number of carbonyl (C=O) groups excluding carboxylic acids is 2. The topological polar surface area (TPSA) is 72.8 Å². The second-order valence-electron chi connectivity index (χ2n) is 12.1. The van der Waals surface area contributed by atoms with Crippen LogP contribution in [0.15, 0.2) is 48.6 Å². The van der Waals surface area contributed by atoms with Gasteiger partial charge in [0, 0.05) is 12.2 Å². The van der Waals surface area contributed by atoms with Crippen LogP contribution >= 0.6 is 0 Å². The average molecular weight is 617 g/mol. The van der Waals surface area contributed by atoms with Gasteiger partial charge < -0.3 is 14.6 Å². The van der Waals surface area contributed by atoms with Crippen LogP contribution in [0, 0.1) is 0 Å². The average Bonchev–Trinajstić information content (AvgIpc) is 3.02. The number of hydrogen-bond donors (Lipinski definition) is 1. The van der Waals surface area contributed by atoms with Crippen LogP contribution in [0.4, 0.5) is 0 Å². The quantitative estimate of drug-likeness (QED) is 0.0352. The molecule has 0 heterocycles. The summed E-state index contributed by atoms with van der Waals surface area (Å²) in [7, 11) is 0. The molecular formula is C39H68O5. The van der Waals surface area contributed by atoms with Crippen molar-refractivity contribution >= 4 is 11.9 Å². The highest BCUT2D eigenvalue weighted by molar-refractivity contribution is 5.83. The maximum atomic E-state index is 12.0. The molecule has 0 aromatic heterocycles. The van der Waals surface area contributed by atoms with Crippen molar-refractivity contribution in [2.45, 2.75) is 174 Å². The third-order valence-corrected chi connectivity index (χ3v) is 7.81. The van der Waals surface area contributed by atoms with Gasteiger partial charge in [0.25, 0.3) is 0 Å². The summed E-state index contributed by atoms with van der Waals surface area (Å²) in [4.78, 5) is 23.9. The minimum absolute atomic E-state index is 0.184. The first-order valence-corrected chi connectivity index (χ1v) is 18.3. The predicted octanol–water partition coefficient (Wildman–Crippen LogP) is 11.1. The van der Waals surface area contributed by atoms with E-state index in [0.29, 0.717) is 0 Å². The lowest BCUT2D eigenvalue weighted by Gasteiger charge is -2.13. The van der Waals surface area contributed by atoms with Gasteiger partial charge in [0.05, 0.1) is 6.61 Å². The molecule has 0 aliphatic rings.